The number of fused-ring (bicyclic) bond motifs is 1. The van der Waals surface area contributed by atoms with Gasteiger partial charge < -0.3 is 49.6 Å². The van der Waals surface area contributed by atoms with Crippen molar-refractivity contribution in [1.82, 2.24) is 0 Å². The maximum absolute atomic E-state index is 12.1. The van der Waals surface area contributed by atoms with Crippen molar-refractivity contribution in [2.24, 2.45) is 11.8 Å². The van der Waals surface area contributed by atoms with E-state index in [9.17, 15) is 40.2 Å². The summed E-state index contributed by atoms with van der Waals surface area (Å²) in [7, 11) is 0. The second-order valence-electron chi connectivity index (χ2n) is 9.62. The van der Waals surface area contributed by atoms with Crippen molar-refractivity contribution >= 4 is 18.0 Å². The van der Waals surface area contributed by atoms with Crippen molar-refractivity contribution in [2.75, 3.05) is 6.61 Å². The number of esters is 1. The third-order valence-electron chi connectivity index (χ3n) is 7.01. The average Bonchev–Trinajstić information content (AvgIpc) is 3.18. The van der Waals surface area contributed by atoms with E-state index < -0.39 is 73.0 Å². The number of phenolic OH excluding ortho intramolecular Hbond substituents is 1. The summed E-state index contributed by atoms with van der Waals surface area (Å²) in [5.41, 5.74) is -0.710. The SMILES string of the molecule is C[C@]1(O)CCC2C(C(=O)O)=CO[C@@H](O[C@@H]3O[C@H](COC(=O)/C=C/c4ccc(O)cc4)[C@@H](O)[C@H](O)[C@H]3O)C21. The second kappa shape index (κ2) is 10.8. The van der Waals surface area contributed by atoms with E-state index in [0.717, 1.165) is 12.3 Å². The fourth-order valence-electron chi connectivity index (χ4n) is 4.96. The molecule has 2 unspecified atom stereocenters. The highest BCUT2D eigenvalue weighted by atomic mass is 16.8. The molecule has 2 heterocycles. The molecule has 1 aliphatic carbocycles. The van der Waals surface area contributed by atoms with Crippen LogP contribution in [0.1, 0.15) is 25.3 Å². The first-order chi connectivity index (χ1) is 17.5. The number of carboxylic acids is 1. The quantitative estimate of drug-likeness (QED) is 0.206. The summed E-state index contributed by atoms with van der Waals surface area (Å²) in [5, 5.41) is 60.8. The highest BCUT2D eigenvalue weighted by Gasteiger charge is 2.56. The minimum absolute atomic E-state index is 0.00617. The Labute approximate surface area is 212 Å². The van der Waals surface area contributed by atoms with Gasteiger partial charge in [0, 0.05) is 12.0 Å². The molecule has 0 amide bonds. The molecule has 1 aromatic rings. The summed E-state index contributed by atoms with van der Waals surface area (Å²) in [5.74, 6) is -3.25. The van der Waals surface area contributed by atoms with Gasteiger partial charge >= 0.3 is 11.9 Å². The van der Waals surface area contributed by atoms with Gasteiger partial charge in [-0.3, -0.25) is 0 Å². The normalized spacial score (nSPS) is 37.5. The lowest BCUT2D eigenvalue weighted by Gasteiger charge is -2.44. The van der Waals surface area contributed by atoms with Crippen molar-refractivity contribution < 1.29 is 59.2 Å². The Morgan fingerprint density at radius 2 is 1.81 bits per heavy atom. The first kappa shape index (κ1) is 27.0. The first-order valence-electron chi connectivity index (χ1n) is 11.8. The summed E-state index contributed by atoms with van der Waals surface area (Å²) in [6.07, 6.45) is -4.79. The molecule has 0 spiro atoms. The molecule has 0 aromatic heterocycles. The maximum Gasteiger partial charge on any atom is 0.334 e. The summed E-state index contributed by atoms with van der Waals surface area (Å²) in [4.78, 5) is 23.7. The van der Waals surface area contributed by atoms with E-state index in [-0.39, 0.29) is 11.3 Å². The molecule has 4 rings (SSSR count). The molecule has 202 valence electrons. The van der Waals surface area contributed by atoms with Gasteiger partial charge in [-0.15, -0.1) is 0 Å². The number of ether oxygens (including phenoxy) is 4. The number of aliphatic carboxylic acids is 1. The highest BCUT2D eigenvalue weighted by Crippen LogP contribution is 2.49. The van der Waals surface area contributed by atoms with Crippen molar-refractivity contribution in [2.45, 2.75) is 62.4 Å². The largest absolute Gasteiger partial charge is 0.508 e. The molecule has 12 nitrogen and oxygen atoms in total. The predicted molar refractivity (Wildman–Crippen MR) is 123 cm³/mol. The predicted octanol–water partition coefficient (Wildman–Crippen LogP) is -0.125. The van der Waals surface area contributed by atoms with Crippen LogP contribution < -0.4 is 0 Å². The molecule has 37 heavy (non-hydrogen) atoms. The minimum Gasteiger partial charge on any atom is -0.508 e. The Balaban J connectivity index is 1.41. The molecule has 3 aliphatic rings. The van der Waals surface area contributed by atoms with Crippen LogP contribution in [0, 0.1) is 11.8 Å². The Morgan fingerprint density at radius 3 is 2.49 bits per heavy atom. The van der Waals surface area contributed by atoms with Gasteiger partial charge in [0.2, 0.25) is 6.29 Å². The number of aromatic hydroxyl groups is 1. The van der Waals surface area contributed by atoms with Gasteiger partial charge in [-0.25, -0.2) is 9.59 Å². The van der Waals surface area contributed by atoms with Crippen LogP contribution in [0.15, 0.2) is 42.2 Å². The summed E-state index contributed by atoms with van der Waals surface area (Å²) in [6, 6.07) is 6.07. The van der Waals surface area contributed by atoms with E-state index in [4.69, 9.17) is 18.9 Å². The summed E-state index contributed by atoms with van der Waals surface area (Å²) < 4.78 is 21.9. The fraction of sp³-hybridized carbons (Fsp3) is 0.520. The van der Waals surface area contributed by atoms with Gasteiger partial charge in [0.1, 0.15) is 36.8 Å². The molecule has 0 bridgehead atoms. The number of carboxylic acid groups (broad SMARTS) is 1. The molecule has 1 saturated heterocycles. The van der Waals surface area contributed by atoms with Gasteiger partial charge in [-0.05, 0) is 43.5 Å². The fourth-order valence-corrected chi connectivity index (χ4v) is 4.96. The highest BCUT2D eigenvalue weighted by molar-refractivity contribution is 5.87. The van der Waals surface area contributed by atoms with E-state index in [1.807, 2.05) is 0 Å². The molecule has 12 heteroatoms. The number of rotatable bonds is 7. The van der Waals surface area contributed by atoms with Crippen LogP contribution in [0.25, 0.3) is 6.08 Å². The second-order valence-corrected chi connectivity index (χ2v) is 9.62. The molecule has 2 aliphatic heterocycles. The number of hydrogen-bond donors (Lipinski definition) is 6. The number of aliphatic hydroxyl groups is 4. The number of carbonyl (C=O) groups is 2. The standard InChI is InChI=1S/C25H30O12/c1-25(33)9-8-14-15(22(31)32)10-35-23(18(14)25)37-24-21(30)20(29)19(28)16(36-24)11-34-17(27)7-4-12-2-5-13(26)6-3-12/h2-7,10,14,16,18-21,23-24,26,28-30,33H,8-9,11H2,1H3,(H,31,32)/b7-4+/t14?,16-,18?,19-,20+,21-,23+,24+,25+/m1/s1. The number of benzene rings is 1. The zero-order valence-corrected chi connectivity index (χ0v) is 19.9. The van der Waals surface area contributed by atoms with E-state index in [0.29, 0.717) is 18.4 Å². The van der Waals surface area contributed by atoms with Crippen LogP contribution in [0.5, 0.6) is 5.75 Å². The Kier molecular flexibility index (Phi) is 7.88. The number of hydrogen-bond acceptors (Lipinski definition) is 11. The van der Waals surface area contributed by atoms with Gasteiger partial charge in [-0.1, -0.05) is 12.1 Å². The van der Waals surface area contributed by atoms with E-state index in [1.54, 1.807) is 12.1 Å². The third-order valence-corrected chi connectivity index (χ3v) is 7.01. The van der Waals surface area contributed by atoms with Gasteiger partial charge in [0.05, 0.1) is 23.4 Å². The molecule has 0 radical (unpaired) electrons. The van der Waals surface area contributed by atoms with Gasteiger partial charge in [-0.2, -0.15) is 0 Å². The smallest absolute Gasteiger partial charge is 0.334 e. The molecule has 1 saturated carbocycles. The van der Waals surface area contributed by atoms with Gasteiger partial charge in [0.15, 0.2) is 6.29 Å². The van der Waals surface area contributed by atoms with Crippen molar-refractivity contribution in [1.29, 1.82) is 0 Å². The number of aliphatic hydroxyl groups excluding tert-OH is 3. The van der Waals surface area contributed by atoms with Crippen LogP contribution in [0.3, 0.4) is 0 Å². The Bertz CT molecular complexity index is 1050. The first-order valence-corrected chi connectivity index (χ1v) is 11.8. The van der Waals surface area contributed by atoms with Crippen molar-refractivity contribution in [3.63, 3.8) is 0 Å². The average molecular weight is 523 g/mol. The lowest BCUT2D eigenvalue weighted by Crippen LogP contribution is -2.61. The zero-order chi connectivity index (χ0) is 26.9. The number of carbonyl (C=O) groups excluding carboxylic acids is 1. The maximum atomic E-state index is 12.1. The van der Waals surface area contributed by atoms with E-state index >= 15 is 0 Å². The van der Waals surface area contributed by atoms with Crippen LogP contribution >= 0.6 is 0 Å². The van der Waals surface area contributed by atoms with Gasteiger partial charge in [0.25, 0.3) is 0 Å². The lowest BCUT2D eigenvalue weighted by atomic mass is 9.81. The summed E-state index contributed by atoms with van der Waals surface area (Å²) >= 11 is 0. The monoisotopic (exact) mass is 522 g/mol. The van der Waals surface area contributed by atoms with Crippen LogP contribution in [0.2, 0.25) is 0 Å². The van der Waals surface area contributed by atoms with E-state index in [2.05, 4.69) is 0 Å². The molecular weight excluding hydrogens is 492 g/mol. The molecule has 6 N–H and O–H groups in total. The molecule has 9 atom stereocenters. The van der Waals surface area contributed by atoms with Crippen LogP contribution in [-0.2, 0) is 28.5 Å². The molecule has 2 fully saturated rings. The lowest BCUT2D eigenvalue weighted by molar-refractivity contribution is -0.346. The Morgan fingerprint density at radius 1 is 1.11 bits per heavy atom. The topological polar surface area (TPSA) is 192 Å². The zero-order valence-electron chi connectivity index (χ0n) is 19.9. The minimum atomic E-state index is -1.72. The number of phenols is 1. The van der Waals surface area contributed by atoms with Crippen molar-refractivity contribution in [3.05, 3.63) is 47.7 Å². The summed E-state index contributed by atoms with van der Waals surface area (Å²) in [6.45, 7) is 1.05. The Hall–Kier alpha value is -3.00. The van der Waals surface area contributed by atoms with Crippen LogP contribution in [0.4, 0.5) is 0 Å². The molecule has 1 aromatic carbocycles. The molecular formula is C25H30O12. The van der Waals surface area contributed by atoms with Crippen LogP contribution in [-0.4, -0.2) is 91.8 Å². The van der Waals surface area contributed by atoms with E-state index in [1.165, 1.54) is 25.1 Å². The third kappa shape index (κ3) is 5.79. The van der Waals surface area contributed by atoms with Crippen molar-refractivity contribution in [3.8, 4) is 5.75 Å².